The van der Waals surface area contributed by atoms with E-state index in [1.54, 1.807) is 11.3 Å². The van der Waals surface area contributed by atoms with Crippen LogP contribution in [0.4, 0.5) is 10.8 Å². The van der Waals surface area contributed by atoms with Crippen molar-refractivity contribution in [2.24, 2.45) is 0 Å². The molecule has 2 heterocycles. The van der Waals surface area contributed by atoms with Gasteiger partial charge in [-0.2, -0.15) is 0 Å². The maximum atomic E-state index is 12.3. The summed E-state index contributed by atoms with van der Waals surface area (Å²) >= 11 is 1.67. The average molecular weight is 330 g/mol. The van der Waals surface area contributed by atoms with E-state index in [1.807, 2.05) is 37.6 Å². The van der Waals surface area contributed by atoms with Crippen LogP contribution in [0.1, 0.15) is 11.1 Å². The molecule has 1 aromatic carbocycles. The normalized spacial score (nSPS) is 15.7. The van der Waals surface area contributed by atoms with E-state index in [0.29, 0.717) is 6.54 Å². The molecule has 1 saturated heterocycles. The molecule has 1 aliphatic heterocycles. The Morgan fingerprint density at radius 3 is 2.74 bits per heavy atom. The van der Waals surface area contributed by atoms with Gasteiger partial charge in [0.15, 0.2) is 5.13 Å². The van der Waals surface area contributed by atoms with Gasteiger partial charge in [-0.25, -0.2) is 4.98 Å². The number of nitrogens with one attached hydrogen (secondary N) is 1. The molecule has 1 N–H and O–H groups in total. The largest absolute Gasteiger partial charge is 0.346 e. The van der Waals surface area contributed by atoms with Gasteiger partial charge < -0.3 is 10.2 Å². The SMILES string of the molecule is Cc1ccc(C)c(NC(=O)CN2CCN(c3nccs3)CC2)c1. The molecule has 1 aliphatic rings. The summed E-state index contributed by atoms with van der Waals surface area (Å²) in [4.78, 5) is 21.1. The van der Waals surface area contributed by atoms with Crippen LogP contribution < -0.4 is 10.2 Å². The summed E-state index contributed by atoms with van der Waals surface area (Å²) in [6.07, 6.45) is 1.84. The van der Waals surface area contributed by atoms with Crippen LogP contribution in [0.3, 0.4) is 0 Å². The number of thiazole rings is 1. The fourth-order valence-electron chi connectivity index (χ4n) is 2.73. The Labute approximate surface area is 140 Å². The summed E-state index contributed by atoms with van der Waals surface area (Å²) in [5.41, 5.74) is 3.16. The van der Waals surface area contributed by atoms with Crippen molar-refractivity contribution >= 4 is 28.1 Å². The van der Waals surface area contributed by atoms with Crippen molar-refractivity contribution in [1.82, 2.24) is 9.88 Å². The molecule has 0 radical (unpaired) electrons. The van der Waals surface area contributed by atoms with Crippen LogP contribution in [-0.2, 0) is 4.79 Å². The van der Waals surface area contributed by atoms with Crippen molar-refractivity contribution in [1.29, 1.82) is 0 Å². The number of aryl methyl sites for hydroxylation is 2. The lowest BCUT2D eigenvalue weighted by Crippen LogP contribution is -2.48. The average Bonchev–Trinajstić information content (AvgIpc) is 3.06. The zero-order valence-corrected chi connectivity index (χ0v) is 14.4. The molecule has 122 valence electrons. The smallest absolute Gasteiger partial charge is 0.238 e. The molecular weight excluding hydrogens is 308 g/mol. The van der Waals surface area contributed by atoms with Gasteiger partial charge >= 0.3 is 0 Å². The fraction of sp³-hybridized carbons (Fsp3) is 0.412. The molecule has 0 bridgehead atoms. The lowest BCUT2D eigenvalue weighted by Gasteiger charge is -2.34. The van der Waals surface area contributed by atoms with E-state index in [2.05, 4.69) is 26.2 Å². The molecule has 0 unspecified atom stereocenters. The van der Waals surface area contributed by atoms with Gasteiger partial charge in [0.05, 0.1) is 6.54 Å². The molecule has 0 saturated carbocycles. The summed E-state index contributed by atoms with van der Waals surface area (Å²) < 4.78 is 0. The molecule has 23 heavy (non-hydrogen) atoms. The molecule has 6 heteroatoms. The third kappa shape index (κ3) is 4.09. The van der Waals surface area contributed by atoms with E-state index in [9.17, 15) is 4.79 Å². The number of anilines is 2. The summed E-state index contributed by atoms with van der Waals surface area (Å²) in [6.45, 7) is 8.11. The number of benzene rings is 1. The standard InChI is InChI=1S/C17H22N4OS/c1-13-3-4-14(2)15(11-13)19-16(22)12-20-6-8-21(9-7-20)17-18-5-10-23-17/h3-5,10-11H,6-9,12H2,1-2H3,(H,19,22). The van der Waals surface area contributed by atoms with E-state index >= 15 is 0 Å². The highest BCUT2D eigenvalue weighted by molar-refractivity contribution is 7.13. The second-order valence-electron chi connectivity index (χ2n) is 5.94. The Balaban J connectivity index is 1.50. The van der Waals surface area contributed by atoms with Crippen molar-refractivity contribution in [3.8, 4) is 0 Å². The summed E-state index contributed by atoms with van der Waals surface area (Å²) in [5.74, 6) is 0.0569. The highest BCUT2D eigenvalue weighted by Crippen LogP contribution is 2.19. The van der Waals surface area contributed by atoms with Crippen LogP contribution in [0.5, 0.6) is 0 Å². The molecule has 3 rings (SSSR count). The third-order valence-corrected chi connectivity index (χ3v) is 4.93. The number of carbonyl (C=O) groups excluding carboxylic acids is 1. The first-order chi connectivity index (χ1) is 11.1. The third-order valence-electron chi connectivity index (χ3n) is 4.10. The monoisotopic (exact) mass is 330 g/mol. The number of hydrogen-bond donors (Lipinski definition) is 1. The molecule has 1 aromatic heterocycles. The zero-order chi connectivity index (χ0) is 16.2. The first-order valence-electron chi connectivity index (χ1n) is 7.86. The predicted octanol–water partition coefficient (Wildman–Crippen LogP) is 2.52. The molecular formula is C17H22N4OS. The van der Waals surface area contributed by atoms with Gasteiger partial charge in [0, 0.05) is 43.4 Å². The minimum atomic E-state index is 0.0569. The van der Waals surface area contributed by atoms with Crippen molar-refractivity contribution in [3.05, 3.63) is 40.9 Å². The van der Waals surface area contributed by atoms with Crippen LogP contribution in [0.2, 0.25) is 0 Å². The van der Waals surface area contributed by atoms with E-state index < -0.39 is 0 Å². The van der Waals surface area contributed by atoms with Gasteiger partial charge in [-0.3, -0.25) is 9.69 Å². The topological polar surface area (TPSA) is 48.5 Å². The number of nitrogens with zero attached hydrogens (tertiary/aromatic N) is 3. The van der Waals surface area contributed by atoms with E-state index in [4.69, 9.17) is 0 Å². The van der Waals surface area contributed by atoms with Crippen LogP contribution in [0.25, 0.3) is 0 Å². The highest BCUT2D eigenvalue weighted by Gasteiger charge is 2.20. The summed E-state index contributed by atoms with van der Waals surface area (Å²) in [5, 5.41) is 6.11. The van der Waals surface area contributed by atoms with Gasteiger partial charge in [0.25, 0.3) is 0 Å². The number of piperazine rings is 1. The van der Waals surface area contributed by atoms with Crippen molar-refractivity contribution < 1.29 is 4.79 Å². The Morgan fingerprint density at radius 2 is 2.04 bits per heavy atom. The van der Waals surface area contributed by atoms with Gasteiger partial charge in [-0.15, -0.1) is 11.3 Å². The maximum absolute atomic E-state index is 12.3. The molecule has 0 atom stereocenters. The number of rotatable bonds is 4. The number of aromatic nitrogens is 1. The van der Waals surface area contributed by atoms with Crippen LogP contribution in [-0.4, -0.2) is 48.5 Å². The molecule has 1 amide bonds. The Hall–Kier alpha value is -1.92. The van der Waals surface area contributed by atoms with Gasteiger partial charge in [0.1, 0.15) is 0 Å². The van der Waals surface area contributed by atoms with Crippen molar-refractivity contribution in [2.75, 3.05) is 42.9 Å². The zero-order valence-electron chi connectivity index (χ0n) is 13.6. The molecule has 0 spiro atoms. The second-order valence-corrected chi connectivity index (χ2v) is 6.82. The van der Waals surface area contributed by atoms with E-state index in [-0.39, 0.29) is 5.91 Å². The van der Waals surface area contributed by atoms with Gasteiger partial charge in [-0.1, -0.05) is 12.1 Å². The minimum absolute atomic E-state index is 0.0569. The molecule has 0 aliphatic carbocycles. The minimum Gasteiger partial charge on any atom is -0.346 e. The number of hydrogen-bond acceptors (Lipinski definition) is 5. The van der Waals surface area contributed by atoms with Crippen molar-refractivity contribution in [3.63, 3.8) is 0 Å². The maximum Gasteiger partial charge on any atom is 0.238 e. The quantitative estimate of drug-likeness (QED) is 0.936. The lowest BCUT2D eigenvalue weighted by atomic mass is 10.1. The Morgan fingerprint density at radius 1 is 1.26 bits per heavy atom. The molecule has 2 aromatic rings. The fourth-order valence-corrected chi connectivity index (χ4v) is 3.43. The molecule has 1 fully saturated rings. The van der Waals surface area contributed by atoms with Gasteiger partial charge in [-0.05, 0) is 31.0 Å². The highest BCUT2D eigenvalue weighted by atomic mass is 32.1. The number of amides is 1. The van der Waals surface area contributed by atoms with E-state index in [1.165, 1.54) is 0 Å². The van der Waals surface area contributed by atoms with Crippen LogP contribution in [0, 0.1) is 13.8 Å². The second kappa shape index (κ2) is 7.10. The summed E-state index contributed by atoms with van der Waals surface area (Å²) in [6, 6.07) is 6.12. The van der Waals surface area contributed by atoms with Gasteiger partial charge in [0.2, 0.25) is 5.91 Å². The predicted molar refractivity (Wildman–Crippen MR) is 95.3 cm³/mol. The first-order valence-corrected chi connectivity index (χ1v) is 8.74. The Kier molecular flexibility index (Phi) is 4.93. The van der Waals surface area contributed by atoms with Crippen LogP contribution in [0.15, 0.2) is 29.8 Å². The van der Waals surface area contributed by atoms with Crippen molar-refractivity contribution in [2.45, 2.75) is 13.8 Å². The van der Waals surface area contributed by atoms with Crippen LogP contribution >= 0.6 is 11.3 Å². The summed E-state index contributed by atoms with van der Waals surface area (Å²) in [7, 11) is 0. The Bertz CT molecular complexity index is 663. The molecule has 5 nitrogen and oxygen atoms in total. The first kappa shape index (κ1) is 16.0. The van der Waals surface area contributed by atoms with E-state index in [0.717, 1.165) is 48.1 Å². The lowest BCUT2D eigenvalue weighted by molar-refractivity contribution is -0.117. The number of carbonyl (C=O) groups is 1.